The molecule has 1 aromatic heterocycles. The van der Waals surface area contributed by atoms with Gasteiger partial charge < -0.3 is 10.2 Å². The number of aromatic nitrogens is 3. The highest BCUT2D eigenvalue weighted by molar-refractivity contribution is 5.86. The van der Waals surface area contributed by atoms with Crippen molar-refractivity contribution in [2.75, 3.05) is 0 Å². The molecule has 0 spiro atoms. The van der Waals surface area contributed by atoms with Gasteiger partial charge in [-0.25, -0.2) is 9.48 Å². The van der Waals surface area contributed by atoms with Gasteiger partial charge in [0.05, 0.1) is 17.8 Å². The van der Waals surface area contributed by atoms with Gasteiger partial charge in [-0.15, -0.1) is 5.10 Å². The Hall–Kier alpha value is -1.43. The topological polar surface area (TPSA) is 88.2 Å². The normalized spacial score (nSPS) is 18.5. The molecule has 0 bridgehead atoms. The number of carboxylic acid groups (broad SMARTS) is 1. The van der Waals surface area contributed by atoms with E-state index in [0.717, 1.165) is 25.7 Å². The Labute approximate surface area is 99.3 Å². The summed E-state index contributed by atoms with van der Waals surface area (Å²) in [6.45, 7) is 2.21. The van der Waals surface area contributed by atoms with Crippen LogP contribution in [0.25, 0.3) is 0 Å². The molecular weight excluding hydrogens is 222 g/mol. The van der Waals surface area contributed by atoms with Gasteiger partial charge in [-0.2, -0.15) is 0 Å². The van der Waals surface area contributed by atoms with Crippen LogP contribution in [0.15, 0.2) is 0 Å². The van der Waals surface area contributed by atoms with Gasteiger partial charge in [0.1, 0.15) is 0 Å². The highest BCUT2D eigenvalue weighted by Gasteiger charge is 2.33. The fraction of sp³-hybridized carbons (Fsp3) is 0.727. The molecule has 1 heterocycles. The van der Waals surface area contributed by atoms with Gasteiger partial charge in [0, 0.05) is 0 Å². The summed E-state index contributed by atoms with van der Waals surface area (Å²) < 4.78 is 1.54. The van der Waals surface area contributed by atoms with Crippen molar-refractivity contribution in [3.8, 4) is 0 Å². The first-order chi connectivity index (χ1) is 8.06. The molecule has 17 heavy (non-hydrogen) atoms. The molecule has 94 valence electrons. The lowest BCUT2D eigenvalue weighted by molar-refractivity contribution is 0.0251. The Kier molecular flexibility index (Phi) is 3.15. The molecule has 6 heteroatoms. The summed E-state index contributed by atoms with van der Waals surface area (Å²) in [7, 11) is 0. The van der Waals surface area contributed by atoms with Crippen LogP contribution in [0.2, 0.25) is 0 Å². The third-order valence-corrected chi connectivity index (χ3v) is 3.35. The Balaban J connectivity index is 2.24. The van der Waals surface area contributed by atoms with Gasteiger partial charge in [-0.3, -0.25) is 0 Å². The van der Waals surface area contributed by atoms with Crippen molar-refractivity contribution in [2.24, 2.45) is 0 Å². The molecule has 2 rings (SSSR count). The molecule has 0 amide bonds. The van der Waals surface area contributed by atoms with Gasteiger partial charge in [0.2, 0.25) is 0 Å². The molecule has 6 nitrogen and oxygen atoms in total. The monoisotopic (exact) mass is 239 g/mol. The molecule has 0 unspecified atom stereocenters. The molecule has 1 aliphatic rings. The molecule has 2 N–H and O–H groups in total. The van der Waals surface area contributed by atoms with Gasteiger partial charge in [-0.1, -0.05) is 25.0 Å². The minimum atomic E-state index is -1.06. The van der Waals surface area contributed by atoms with Gasteiger partial charge in [0.15, 0.2) is 5.69 Å². The third kappa shape index (κ3) is 2.31. The maximum absolute atomic E-state index is 10.9. The average Bonchev–Trinajstić information content (AvgIpc) is 2.85. The van der Waals surface area contributed by atoms with E-state index in [4.69, 9.17) is 5.11 Å². The summed E-state index contributed by atoms with van der Waals surface area (Å²) in [4.78, 5) is 10.9. The van der Waals surface area contributed by atoms with Crippen LogP contribution in [-0.4, -0.2) is 36.8 Å². The number of rotatable bonds is 4. The minimum Gasteiger partial charge on any atom is -0.476 e. The molecule has 0 aromatic carbocycles. The second-order valence-corrected chi connectivity index (χ2v) is 4.63. The van der Waals surface area contributed by atoms with Gasteiger partial charge >= 0.3 is 5.97 Å². The van der Waals surface area contributed by atoms with E-state index in [-0.39, 0.29) is 5.69 Å². The summed E-state index contributed by atoms with van der Waals surface area (Å²) in [6, 6.07) is 0. The van der Waals surface area contributed by atoms with E-state index in [0.29, 0.717) is 18.7 Å². The standard InChI is InChI=1S/C11H17N3O3/c1-2-8-9(10(15)16)12-13-14(8)7-11(17)5-3-4-6-11/h17H,2-7H2,1H3,(H,15,16). The van der Waals surface area contributed by atoms with Crippen molar-refractivity contribution >= 4 is 5.97 Å². The maximum atomic E-state index is 10.9. The minimum absolute atomic E-state index is 0.00547. The first kappa shape index (κ1) is 12.0. The van der Waals surface area contributed by atoms with Gasteiger partial charge in [-0.05, 0) is 19.3 Å². The van der Waals surface area contributed by atoms with E-state index in [1.165, 1.54) is 4.68 Å². The van der Waals surface area contributed by atoms with Crippen molar-refractivity contribution in [1.29, 1.82) is 0 Å². The summed E-state index contributed by atoms with van der Waals surface area (Å²) in [5.41, 5.74) is -0.167. The van der Waals surface area contributed by atoms with Crippen LogP contribution in [0.5, 0.6) is 0 Å². The van der Waals surface area contributed by atoms with Crippen LogP contribution in [0.4, 0.5) is 0 Å². The second kappa shape index (κ2) is 4.44. The number of carboxylic acids is 1. The van der Waals surface area contributed by atoms with E-state index in [1.54, 1.807) is 0 Å². The van der Waals surface area contributed by atoms with E-state index in [1.807, 2.05) is 6.92 Å². The van der Waals surface area contributed by atoms with Crippen LogP contribution >= 0.6 is 0 Å². The van der Waals surface area contributed by atoms with Crippen molar-refractivity contribution in [3.63, 3.8) is 0 Å². The number of carbonyl (C=O) groups is 1. The molecular formula is C11H17N3O3. The lowest BCUT2D eigenvalue weighted by atomic mass is 10.0. The quantitative estimate of drug-likeness (QED) is 0.813. The van der Waals surface area contributed by atoms with Crippen LogP contribution in [0.3, 0.4) is 0 Å². The lowest BCUT2D eigenvalue weighted by Crippen LogP contribution is -2.31. The average molecular weight is 239 g/mol. The first-order valence-corrected chi connectivity index (χ1v) is 5.94. The molecule has 1 saturated carbocycles. The molecule has 0 atom stereocenters. The van der Waals surface area contributed by atoms with E-state index in [2.05, 4.69) is 10.3 Å². The SMILES string of the molecule is CCc1c(C(=O)O)nnn1CC1(O)CCCC1. The van der Waals surface area contributed by atoms with Crippen molar-refractivity contribution in [2.45, 2.75) is 51.2 Å². The molecule has 0 radical (unpaired) electrons. The zero-order chi connectivity index (χ0) is 12.5. The van der Waals surface area contributed by atoms with Crippen molar-refractivity contribution < 1.29 is 15.0 Å². The van der Waals surface area contributed by atoms with Gasteiger partial charge in [0.25, 0.3) is 0 Å². The fourth-order valence-electron chi connectivity index (χ4n) is 2.45. The maximum Gasteiger partial charge on any atom is 0.358 e. The number of hydrogen-bond acceptors (Lipinski definition) is 4. The second-order valence-electron chi connectivity index (χ2n) is 4.63. The molecule has 1 aliphatic carbocycles. The number of aliphatic hydroxyl groups is 1. The molecule has 0 aliphatic heterocycles. The molecule has 0 saturated heterocycles. The van der Waals surface area contributed by atoms with E-state index >= 15 is 0 Å². The number of nitrogens with zero attached hydrogens (tertiary/aromatic N) is 3. The highest BCUT2D eigenvalue weighted by atomic mass is 16.4. The summed E-state index contributed by atoms with van der Waals surface area (Å²) in [5.74, 6) is -1.06. The predicted octanol–water partition coefficient (Wildman–Crippen LogP) is 0.844. The van der Waals surface area contributed by atoms with E-state index < -0.39 is 11.6 Å². The predicted molar refractivity (Wildman–Crippen MR) is 59.8 cm³/mol. The Morgan fingerprint density at radius 3 is 2.65 bits per heavy atom. The lowest BCUT2D eigenvalue weighted by Gasteiger charge is -2.22. The van der Waals surface area contributed by atoms with Crippen molar-refractivity contribution in [1.82, 2.24) is 15.0 Å². The van der Waals surface area contributed by atoms with Crippen LogP contribution in [0, 0.1) is 0 Å². The fourth-order valence-corrected chi connectivity index (χ4v) is 2.45. The Bertz CT molecular complexity index is 422. The zero-order valence-electron chi connectivity index (χ0n) is 9.89. The summed E-state index contributed by atoms with van der Waals surface area (Å²) >= 11 is 0. The molecule has 1 aromatic rings. The summed E-state index contributed by atoms with van der Waals surface area (Å²) in [5, 5.41) is 26.7. The van der Waals surface area contributed by atoms with Crippen LogP contribution in [-0.2, 0) is 13.0 Å². The highest BCUT2D eigenvalue weighted by Crippen LogP contribution is 2.31. The van der Waals surface area contributed by atoms with Crippen LogP contribution < -0.4 is 0 Å². The van der Waals surface area contributed by atoms with E-state index in [9.17, 15) is 9.90 Å². The molecule has 1 fully saturated rings. The number of hydrogen-bond donors (Lipinski definition) is 2. The first-order valence-electron chi connectivity index (χ1n) is 5.94. The Morgan fingerprint density at radius 2 is 2.12 bits per heavy atom. The largest absolute Gasteiger partial charge is 0.476 e. The smallest absolute Gasteiger partial charge is 0.358 e. The van der Waals surface area contributed by atoms with Crippen LogP contribution in [0.1, 0.15) is 48.8 Å². The van der Waals surface area contributed by atoms with Crippen molar-refractivity contribution in [3.05, 3.63) is 11.4 Å². The number of aromatic carboxylic acids is 1. The summed E-state index contributed by atoms with van der Waals surface area (Å²) in [6.07, 6.45) is 4.07. The zero-order valence-corrected chi connectivity index (χ0v) is 9.89. The third-order valence-electron chi connectivity index (χ3n) is 3.35. The Morgan fingerprint density at radius 1 is 1.47 bits per heavy atom.